The van der Waals surface area contributed by atoms with Crippen molar-refractivity contribution < 1.29 is 19.4 Å². The first-order valence-corrected chi connectivity index (χ1v) is 9.81. The second-order valence-electron chi connectivity index (χ2n) is 6.88. The van der Waals surface area contributed by atoms with Crippen molar-refractivity contribution in [3.05, 3.63) is 94.5 Å². The molecule has 3 heterocycles. The first kappa shape index (κ1) is 20.6. The van der Waals surface area contributed by atoms with Crippen molar-refractivity contribution in [1.82, 2.24) is 14.9 Å². The van der Waals surface area contributed by atoms with Crippen LogP contribution in [-0.4, -0.2) is 38.8 Å². The highest BCUT2D eigenvalue weighted by atomic mass is 35.5. The van der Waals surface area contributed by atoms with E-state index in [1.807, 2.05) is 0 Å². The van der Waals surface area contributed by atoms with Crippen molar-refractivity contribution in [2.75, 3.05) is 7.11 Å². The molecule has 1 saturated heterocycles. The quantitative estimate of drug-likeness (QED) is 0.372. The van der Waals surface area contributed by atoms with Crippen LogP contribution in [0.4, 0.5) is 0 Å². The van der Waals surface area contributed by atoms with Gasteiger partial charge in [0.15, 0.2) is 0 Å². The molecule has 0 bridgehead atoms. The third kappa shape index (κ3) is 3.87. The van der Waals surface area contributed by atoms with Gasteiger partial charge in [-0.1, -0.05) is 17.7 Å². The number of aliphatic hydroxyl groups excluding tert-OH is 1. The lowest BCUT2D eigenvalue weighted by atomic mass is 9.97. The van der Waals surface area contributed by atoms with Gasteiger partial charge in [-0.25, -0.2) is 0 Å². The number of Topliss-reactive ketones (excluding diaryl/α,β-unsaturated/α-hetero) is 1. The smallest absolute Gasteiger partial charge is 0.296 e. The Morgan fingerprint density at radius 1 is 1.13 bits per heavy atom. The molecule has 7 nitrogen and oxygen atoms in total. The fourth-order valence-electron chi connectivity index (χ4n) is 3.58. The Kier molecular flexibility index (Phi) is 5.68. The zero-order chi connectivity index (χ0) is 22.0. The molecular formula is C23H18ClN3O4. The average Bonchev–Trinajstić information content (AvgIpc) is 3.04. The number of nitrogens with zero attached hydrogens (tertiary/aromatic N) is 3. The molecule has 0 aliphatic carbocycles. The van der Waals surface area contributed by atoms with Gasteiger partial charge in [-0.15, -0.1) is 0 Å². The summed E-state index contributed by atoms with van der Waals surface area (Å²) in [6.45, 7) is 0.151. The molecule has 156 valence electrons. The SMILES string of the molecule is COc1ccc(Cl)cc1/C(O)=C1\C(=O)C(=O)N(Cc2ccncc2)C1c1ccccn1. The minimum absolute atomic E-state index is 0.0710. The first-order chi connectivity index (χ1) is 15.0. The number of halogens is 1. The Morgan fingerprint density at radius 3 is 2.58 bits per heavy atom. The van der Waals surface area contributed by atoms with Crippen LogP contribution in [0.15, 0.2) is 72.7 Å². The number of carbonyl (C=O) groups is 2. The van der Waals surface area contributed by atoms with Gasteiger partial charge in [0.05, 0.1) is 23.9 Å². The van der Waals surface area contributed by atoms with Crippen molar-refractivity contribution in [3.63, 3.8) is 0 Å². The van der Waals surface area contributed by atoms with Gasteiger partial charge < -0.3 is 14.7 Å². The van der Waals surface area contributed by atoms with Gasteiger partial charge in [-0.2, -0.15) is 0 Å². The largest absolute Gasteiger partial charge is 0.507 e. The zero-order valence-corrected chi connectivity index (χ0v) is 17.3. The van der Waals surface area contributed by atoms with Crippen molar-refractivity contribution >= 4 is 29.1 Å². The number of methoxy groups -OCH3 is 1. The van der Waals surface area contributed by atoms with E-state index in [9.17, 15) is 14.7 Å². The summed E-state index contributed by atoms with van der Waals surface area (Å²) >= 11 is 6.11. The van der Waals surface area contributed by atoms with E-state index in [0.29, 0.717) is 16.5 Å². The van der Waals surface area contributed by atoms with Gasteiger partial charge in [0.2, 0.25) is 0 Å². The number of likely N-dealkylation sites (tertiary alicyclic amines) is 1. The second kappa shape index (κ2) is 8.57. The van der Waals surface area contributed by atoms with E-state index in [1.54, 1.807) is 61.1 Å². The number of rotatable bonds is 5. The fourth-order valence-corrected chi connectivity index (χ4v) is 3.76. The van der Waals surface area contributed by atoms with Crippen molar-refractivity contribution in [2.24, 2.45) is 0 Å². The Hall–Kier alpha value is -3.71. The van der Waals surface area contributed by atoms with Gasteiger partial charge in [-0.05, 0) is 48.0 Å². The van der Waals surface area contributed by atoms with E-state index in [2.05, 4.69) is 9.97 Å². The number of pyridine rings is 2. The minimum Gasteiger partial charge on any atom is -0.507 e. The van der Waals surface area contributed by atoms with Crippen LogP contribution in [0.3, 0.4) is 0 Å². The van der Waals surface area contributed by atoms with Crippen molar-refractivity contribution in [3.8, 4) is 5.75 Å². The Morgan fingerprint density at radius 2 is 1.90 bits per heavy atom. The monoisotopic (exact) mass is 435 g/mol. The maximum atomic E-state index is 13.1. The number of ketones is 1. The molecule has 1 aliphatic rings. The number of hydrogen-bond acceptors (Lipinski definition) is 6. The number of carbonyl (C=O) groups excluding carboxylic acids is 2. The van der Waals surface area contributed by atoms with Crippen LogP contribution >= 0.6 is 11.6 Å². The van der Waals surface area contributed by atoms with E-state index in [1.165, 1.54) is 18.1 Å². The maximum absolute atomic E-state index is 13.1. The molecular weight excluding hydrogens is 418 g/mol. The number of ether oxygens (including phenoxy) is 1. The molecule has 31 heavy (non-hydrogen) atoms. The van der Waals surface area contributed by atoms with Crippen LogP contribution in [0.2, 0.25) is 5.02 Å². The van der Waals surface area contributed by atoms with E-state index < -0.39 is 17.7 Å². The van der Waals surface area contributed by atoms with Crippen LogP contribution < -0.4 is 4.74 Å². The molecule has 1 atom stereocenters. The summed E-state index contributed by atoms with van der Waals surface area (Å²) in [5, 5.41) is 11.5. The highest BCUT2D eigenvalue weighted by molar-refractivity contribution is 6.46. The summed E-state index contributed by atoms with van der Waals surface area (Å²) in [6, 6.07) is 12.5. The molecule has 1 fully saturated rings. The topological polar surface area (TPSA) is 92.6 Å². The summed E-state index contributed by atoms with van der Waals surface area (Å²) in [6.07, 6.45) is 4.79. The Labute approximate surface area is 183 Å². The molecule has 1 aromatic carbocycles. The third-order valence-electron chi connectivity index (χ3n) is 5.03. The predicted octanol–water partition coefficient (Wildman–Crippen LogP) is 3.76. The average molecular weight is 436 g/mol. The lowest BCUT2D eigenvalue weighted by Crippen LogP contribution is -2.29. The van der Waals surface area contributed by atoms with Crippen LogP contribution in [-0.2, 0) is 16.1 Å². The molecule has 3 aromatic rings. The predicted molar refractivity (Wildman–Crippen MR) is 114 cm³/mol. The van der Waals surface area contributed by atoms with Gasteiger partial charge in [0, 0.05) is 30.2 Å². The van der Waals surface area contributed by atoms with Crippen LogP contribution in [0.25, 0.3) is 5.76 Å². The third-order valence-corrected chi connectivity index (χ3v) is 5.26. The Balaban J connectivity index is 1.90. The first-order valence-electron chi connectivity index (χ1n) is 9.43. The maximum Gasteiger partial charge on any atom is 0.296 e. The molecule has 1 N–H and O–H groups in total. The van der Waals surface area contributed by atoms with Crippen LogP contribution in [0.5, 0.6) is 5.75 Å². The number of aromatic nitrogens is 2. The standard InChI is InChI=1S/C23H18ClN3O4/c1-31-18-6-5-15(24)12-16(18)21(28)19-20(17-4-2-3-9-26-17)27(23(30)22(19)29)13-14-7-10-25-11-8-14/h2-12,20,28H,13H2,1H3/b21-19+. The molecule has 1 unspecified atom stereocenters. The molecule has 2 aromatic heterocycles. The summed E-state index contributed by atoms with van der Waals surface area (Å²) in [7, 11) is 1.44. The number of aliphatic hydroxyl groups is 1. The van der Waals surface area contributed by atoms with E-state index in [0.717, 1.165) is 5.56 Å². The summed E-state index contributed by atoms with van der Waals surface area (Å²) < 4.78 is 5.32. The second-order valence-corrected chi connectivity index (χ2v) is 7.32. The zero-order valence-electron chi connectivity index (χ0n) is 16.5. The van der Waals surface area contributed by atoms with Gasteiger partial charge in [0.25, 0.3) is 11.7 Å². The van der Waals surface area contributed by atoms with E-state index >= 15 is 0 Å². The number of hydrogen-bond donors (Lipinski definition) is 1. The fraction of sp³-hybridized carbons (Fsp3) is 0.130. The Bertz CT molecular complexity index is 1170. The van der Waals surface area contributed by atoms with Crippen LogP contribution in [0, 0.1) is 0 Å². The minimum atomic E-state index is -0.877. The molecule has 4 rings (SSSR count). The molecule has 0 saturated carbocycles. The molecule has 0 radical (unpaired) electrons. The number of benzene rings is 1. The summed E-state index contributed by atoms with van der Waals surface area (Å²) in [5.41, 5.74) is 1.40. The highest BCUT2D eigenvalue weighted by Gasteiger charge is 2.47. The van der Waals surface area contributed by atoms with Crippen molar-refractivity contribution in [2.45, 2.75) is 12.6 Å². The lowest BCUT2D eigenvalue weighted by Gasteiger charge is -2.24. The van der Waals surface area contributed by atoms with Gasteiger partial charge >= 0.3 is 0 Å². The number of amides is 1. The summed E-state index contributed by atoms with van der Waals surface area (Å²) in [4.78, 5) is 35.8. The van der Waals surface area contributed by atoms with Gasteiger partial charge in [-0.3, -0.25) is 19.6 Å². The lowest BCUT2D eigenvalue weighted by molar-refractivity contribution is -0.140. The normalized spacial score (nSPS) is 17.7. The molecule has 1 aliphatic heterocycles. The van der Waals surface area contributed by atoms with E-state index in [4.69, 9.17) is 16.3 Å². The molecule has 1 amide bonds. The van der Waals surface area contributed by atoms with Crippen LogP contribution in [0.1, 0.15) is 22.9 Å². The van der Waals surface area contributed by atoms with Gasteiger partial charge in [0.1, 0.15) is 17.6 Å². The summed E-state index contributed by atoms with van der Waals surface area (Å²) in [5.74, 6) is -1.58. The highest BCUT2D eigenvalue weighted by Crippen LogP contribution is 2.41. The molecule has 8 heteroatoms. The molecule has 0 spiro atoms. The van der Waals surface area contributed by atoms with Crippen molar-refractivity contribution in [1.29, 1.82) is 0 Å². The van der Waals surface area contributed by atoms with E-state index in [-0.39, 0.29) is 23.4 Å².